The van der Waals surface area contributed by atoms with Crippen molar-refractivity contribution in [2.24, 2.45) is 11.3 Å². The van der Waals surface area contributed by atoms with Crippen molar-refractivity contribution in [3.05, 3.63) is 11.9 Å². The minimum Gasteiger partial charge on any atom is -0.369 e. The lowest BCUT2D eigenvalue weighted by Crippen LogP contribution is -2.33. The lowest BCUT2D eigenvalue weighted by molar-refractivity contribution is 0.180. The second-order valence-electron chi connectivity index (χ2n) is 5.47. The van der Waals surface area contributed by atoms with Crippen LogP contribution in [0.1, 0.15) is 45.4 Å². The van der Waals surface area contributed by atoms with Gasteiger partial charge in [-0.1, -0.05) is 20.3 Å². The van der Waals surface area contributed by atoms with Gasteiger partial charge in [-0.3, -0.25) is 0 Å². The Hall–Kier alpha value is -1.36. The monoisotopic (exact) mass is 249 g/mol. The first-order chi connectivity index (χ1) is 8.65. The highest BCUT2D eigenvalue weighted by atomic mass is 15.3. The number of nitrogens with two attached hydrogens (primary N) is 1. The van der Waals surface area contributed by atoms with Gasteiger partial charge in [0.25, 0.3) is 0 Å². The fourth-order valence-electron chi connectivity index (χ4n) is 2.26. The van der Waals surface area contributed by atoms with Crippen LogP contribution in [-0.4, -0.2) is 16.5 Å². The molecule has 1 aliphatic rings. The third kappa shape index (κ3) is 3.10. The van der Waals surface area contributed by atoms with Crippen LogP contribution in [0, 0.1) is 5.41 Å². The Morgan fingerprint density at radius 1 is 1.33 bits per heavy atom. The SMILES string of the molecule is CCCc1nc(NN)cc(NCC2(C)CCC2)n1. The maximum Gasteiger partial charge on any atom is 0.145 e. The summed E-state index contributed by atoms with van der Waals surface area (Å²) >= 11 is 0. The molecular weight excluding hydrogens is 226 g/mol. The second-order valence-corrected chi connectivity index (χ2v) is 5.47. The molecule has 5 heteroatoms. The predicted octanol–water partition coefficient (Wildman–Crippen LogP) is 2.32. The van der Waals surface area contributed by atoms with Crippen molar-refractivity contribution in [2.75, 3.05) is 17.3 Å². The van der Waals surface area contributed by atoms with E-state index in [-0.39, 0.29) is 0 Å². The average molecular weight is 249 g/mol. The minimum absolute atomic E-state index is 0.437. The molecule has 4 N–H and O–H groups in total. The van der Waals surface area contributed by atoms with E-state index in [9.17, 15) is 0 Å². The van der Waals surface area contributed by atoms with Crippen LogP contribution in [0.2, 0.25) is 0 Å². The number of hydrazine groups is 1. The van der Waals surface area contributed by atoms with E-state index in [1.807, 2.05) is 6.07 Å². The standard InChI is InChI=1S/C13H23N5/c1-3-5-10-16-11(8-12(17-10)18-14)15-9-13(2)6-4-7-13/h8H,3-7,9,14H2,1-2H3,(H2,15,16,17,18). The number of anilines is 2. The molecule has 0 bridgehead atoms. The van der Waals surface area contributed by atoms with Gasteiger partial charge in [0.2, 0.25) is 0 Å². The number of aryl methyl sites for hydroxylation is 1. The molecule has 0 amide bonds. The molecule has 2 rings (SSSR count). The van der Waals surface area contributed by atoms with Gasteiger partial charge in [0.15, 0.2) is 0 Å². The molecule has 0 unspecified atom stereocenters. The lowest BCUT2D eigenvalue weighted by atomic mass is 9.70. The van der Waals surface area contributed by atoms with Crippen LogP contribution in [-0.2, 0) is 6.42 Å². The van der Waals surface area contributed by atoms with Gasteiger partial charge < -0.3 is 10.7 Å². The normalized spacial score (nSPS) is 17.1. The van der Waals surface area contributed by atoms with Crippen molar-refractivity contribution >= 4 is 11.6 Å². The third-order valence-electron chi connectivity index (χ3n) is 3.65. The van der Waals surface area contributed by atoms with Gasteiger partial charge in [-0.15, -0.1) is 0 Å². The molecule has 1 heterocycles. The number of nitrogens with zero attached hydrogens (tertiary/aromatic N) is 2. The molecule has 5 nitrogen and oxygen atoms in total. The Morgan fingerprint density at radius 3 is 2.61 bits per heavy atom. The van der Waals surface area contributed by atoms with Crippen molar-refractivity contribution in [1.29, 1.82) is 0 Å². The van der Waals surface area contributed by atoms with E-state index in [4.69, 9.17) is 5.84 Å². The van der Waals surface area contributed by atoms with Crippen LogP contribution in [0.3, 0.4) is 0 Å². The van der Waals surface area contributed by atoms with Crippen LogP contribution in [0.4, 0.5) is 11.6 Å². The Bertz CT molecular complexity index is 400. The first kappa shape index (κ1) is 13.1. The number of aromatic nitrogens is 2. The van der Waals surface area contributed by atoms with E-state index in [2.05, 4.69) is 34.6 Å². The first-order valence-corrected chi connectivity index (χ1v) is 6.74. The molecule has 18 heavy (non-hydrogen) atoms. The largest absolute Gasteiger partial charge is 0.369 e. The van der Waals surface area contributed by atoms with Gasteiger partial charge in [0, 0.05) is 19.0 Å². The van der Waals surface area contributed by atoms with Crippen LogP contribution < -0.4 is 16.6 Å². The molecule has 0 atom stereocenters. The summed E-state index contributed by atoms with van der Waals surface area (Å²) in [6.45, 7) is 5.41. The molecule has 1 fully saturated rings. The highest BCUT2D eigenvalue weighted by Gasteiger charge is 2.31. The Morgan fingerprint density at radius 2 is 2.06 bits per heavy atom. The predicted molar refractivity (Wildman–Crippen MR) is 74.3 cm³/mol. The Kier molecular flexibility index (Phi) is 4.01. The van der Waals surface area contributed by atoms with Crippen LogP contribution in [0.15, 0.2) is 6.07 Å². The van der Waals surface area contributed by atoms with Gasteiger partial charge in [-0.25, -0.2) is 15.8 Å². The third-order valence-corrected chi connectivity index (χ3v) is 3.65. The zero-order valence-corrected chi connectivity index (χ0v) is 11.3. The molecule has 1 saturated carbocycles. The zero-order valence-electron chi connectivity index (χ0n) is 11.3. The quantitative estimate of drug-likeness (QED) is 0.533. The number of nitrogen functional groups attached to an aromatic ring is 1. The van der Waals surface area contributed by atoms with Gasteiger partial charge in [0.1, 0.15) is 17.5 Å². The fourth-order valence-corrected chi connectivity index (χ4v) is 2.26. The summed E-state index contributed by atoms with van der Waals surface area (Å²) in [4.78, 5) is 8.85. The van der Waals surface area contributed by atoms with Crippen molar-refractivity contribution in [3.63, 3.8) is 0 Å². The topological polar surface area (TPSA) is 75.9 Å². The molecule has 100 valence electrons. The number of hydrogen-bond acceptors (Lipinski definition) is 5. The van der Waals surface area contributed by atoms with Gasteiger partial charge in [-0.05, 0) is 24.7 Å². The van der Waals surface area contributed by atoms with E-state index in [0.29, 0.717) is 11.2 Å². The van der Waals surface area contributed by atoms with Crippen LogP contribution in [0.25, 0.3) is 0 Å². The smallest absolute Gasteiger partial charge is 0.145 e. The van der Waals surface area contributed by atoms with Crippen molar-refractivity contribution in [2.45, 2.75) is 46.0 Å². The van der Waals surface area contributed by atoms with E-state index < -0.39 is 0 Å². The summed E-state index contributed by atoms with van der Waals surface area (Å²) in [5.41, 5.74) is 3.04. The summed E-state index contributed by atoms with van der Waals surface area (Å²) in [6, 6.07) is 1.86. The molecule has 1 aromatic heterocycles. The zero-order chi connectivity index (χ0) is 13.0. The van der Waals surface area contributed by atoms with Crippen LogP contribution >= 0.6 is 0 Å². The summed E-state index contributed by atoms with van der Waals surface area (Å²) < 4.78 is 0. The second kappa shape index (κ2) is 5.52. The fraction of sp³-hybridized carbons (Fsp3) is 0.692. The van der Waals surface area contributed by atoms with E-state index in [1.165, 1.54) is 19.3 Å². The number of hydrogen-bond donors (Lipinski definition) is 3. The number of nitrogens with one attached hydrogen (secondary N) is 2. The summed E-state index contributed by atoms with van der Waals surface area (Å²) in [5.74, 6) is 7.82. The Labute approximate surface area is 109 Å². The van der Waals surface area contributed by atoms with E-state index in [0.717, 1.165) is 31.0 Å². The van der Waals surface area contributed by atoms with Crippen molar-refractivity contribution in [3.8, 4) is 0 Å². The molecule has 0 aromatic carbocycles. The Balaban J connectivity index is 2.03. The summed E-state index contributed by atoms with van der Waals surface area (Å²) in [5, 5.41) is 3.41. The molecule has 0 spiro atoms. The molecular formula is C13H23N5. The molecule has 1 aromatic rings. The average Bonchev–Trinajstić information content (AvgIpc) is 2.34. The molecule has 0 aliphatic heterocycles. The molecule has 0 radical (unpaired) electrons. The van der Waals surface area contributed by atoms with Gasteiger partial charge in [-0.2, -0.15) is 0 Å². The molecule has 1 aliphatic carbocycles. The number of rotatable bonds is 6. The minimum atomic E-state index is 0.437. The van der Waals surface area contributed by atoms with Gasteiger partial charge in [0.05, 0.1) is 0 Å². The summed E-state index contributed by atoms with van der Waals surface area (Å²) in [6.07, 6.45) is 5.86. The molecule has 0 saturated heterocycles. The van der Waals surface area contributed by atoms with Crippen molar-refractivity contribution < 1.29 is 0 Å². The van der Waals surface area contributed by atoms with E-state index in [1.54, 1.807) is 0 Å². The highest BCUT2D eigenvalue weighted by Crippen LogP contribution is 2.40. The van der Waals surface area contributed by atoms with E-state index >= 15 is 0 Å². The summed E-state index contributed by atoms with van der Waals surface area (Å²) in [7, 11) is 0. The highest BCUT2D eigenvalue weighted by molar-refractivity contribution is 5.47. The lowest BCUT2D eigenvalue weighted by Gasteiger charge is -2.38. The maximum absolute atomic E-state index is 5.43. The van der Waals surface area contributed by atoms with Crippen LogP contribution in [0.5, 0.6) is 0 Å². The maximum atomic E-state index is 5.43. The van der Waals surface area contributed by atoms with Gasteiger partial charge >= 0.3 is 0 Å². The van der Waals surface area contributed by atoms with Crippen molar-refractivity contribution in [1.82, 2.24) is 9.97 Å². The first-order valence-electron chi connectivity index (χ1n) is 6.74.